The number of hydrogen-bond acceptors (Lipinski definition) is 5. The molecule has 6 nitrogen and oxygen atoms in total. The van der Waals surface area contributed by atoms with Crippen molar-refractivity contribution in [3.05, 3.63) is 71.1 Å². The van der Waals surface area contributed by atoms with Gasteiger partial charge >= 0.3 is 0 Å². The zero-order chi connectivity index (χ0) is 19.5. The Bertz CT molecular complexity index is 961. The van der Waals surface area contributed by atoms with Crippen molar-refractivity contribution in [1.82, 2.24) is 20.4 Å². The van der Waals surface area contributed by atoms with Crippen molar-refractivity contribution in [3.63, 3.8) is 0 Å². The second kappa shape index (κ2) is 7.94. The quantitative estimate of drug-likeness (QED) is 0.683. The zero-order valence-corrected chi connectivity index (χ0v) is 16.2. The van der Waals surface area contributed by atoms with Gasteiger partial charge in [-0.05, 0) is 43.5 Å². The molecule has 0 saturated heterocycles. The first-order valence-electron chi connectivity index (χ1n) is 9.57. The minimum Gasteiger partial charge on any atom is -0.355 e. The molecule has 2 aromatic carbocycles. The summed E-state index contributed by atoms with van der Waals surface area (Å²) < 4.78 is 5.51. The van der Waals surface area contributed by atoms with Crippen LogP contribution >= 0.6 is 0 Å². The van der Waals surface area contributed by atoms with Crippen LogP contribution in [0.1, 0.15) is 40.2 Å². The smallest absolute Gasteiger partial charge is 0.251 e. The second-order valence-electron chi connectivity index (χ2n) is 7.29. The van der Waals surface area contributed by atoms with Crippen LogP contribution in [0.3, 0.4) is 0 Å². The fourth-order valence-corrected chi connectivity index (χ4v) is 3.29. The molecule has 0 atom stereocenters. The summed E-state index contributed by atoms with van der Waals surface area (Å²) in [4.78, 5) is 18.7. The normalized spacial score (nSPS) is 13.7. The lowest BCUT2D eigenvalue weighted by Gasteiger charge is -2.20. The van der Waals surface area contributed by atoms with Crippen LogP contribution in [0.15, 0.2) is 53.1 Å². The van der Waals surface area contributed by atoms with E-state index in [0.29, 0.717) is 29.9 Å². The molecule has 1 fully saturated rings. The molecule has 0 bridgehead atoms. The lowest BCUT2D eigenvalue weighted by atomic mass is 10.1. The number of nitrogens with zero attached hydrogens (tertiary/aromatic N) is 3. The molecule has 1 N–H and O–H groups in total. The van der Waals surface area contributed by atoms with Crippen LogP contribution in [0.5, 0.6) is 0 Å². The molecule has 28 heavy (non-hydrogen) atoms. The maximum atomic E-state index is 11.7. The molecule has 144 valence electrons. The lowest BCUT2D eigenvalue weighted by molar-refractivity contribution is 0.0963. The van der Waals surface area contributed by atoms with Crippen molar-refractivity contribution >= 4 is 5.91 Å². The van der Waals surface area contributed by atoms with Crippen LogP contribution in [0.2, 0.25) is 0 Å². The van der Waals surface area contributed by atoms with Gasteiger partial charge in [0.15, 0.2) is 0 Å². The number of rotatable bonds is 7. The van der Waals surface area contributed by atoms with E-state index in [1.165, 1.54) is 18.4 Å². The van der Waals surface area contributed by atoms with Gasteiger partial charge in [-0.2, -0.15) is 4.98 Å². The Morgan fingerprint density at radius 2 is 1.96 bits per heavy atom. The number of aryl methyl sites for hydroxylation is 1. The van der Waals surface area contributed by atoms with Crippen LogP contribution in [0, 0.1) is 6.92 Å². The maximum Gasteiger partial charge on any atom is 0.251 e. The summed E-state index contributed by atoms with van der Waals surface area (Å²) in [7, 11) is 1.64. The number of nitrogens with one attached hydrogen (secondary N) is 1. The van der Waals surface area contributed by atoms with E-state index >= 15 is 0 Å². The van der Waals surface area contributed by atoms with Gasteiger partial charge in [0, 0.05) is 30.8 Å². The van der Waals surface area contributed by atoms with E-state index in [0.717, 1.165) is 17.7 Å². The first kappa shape index (κ1) is 18.4. The van der Waals surface area contributed by atoms with Crippen LogP contribution in [0.25, 0.3) is 11.4 Å². The molecule has 1 heterocycles. The Morgan fingerprint density at radius 3 is 2.64 bits per heavy atom. The van der Waals surface area contributed by atoms with Crippen LogP contribution in [-0.2, 0) is 13.1 Å². The lowest BCUT2D eigenvalue weighted by Crippen LogP contribution is -2.25. The third-order valence-corrected chi connectivity index (χ3v) is 4.97. The molecule has 6 heteroatoms. The molecule has 1 amide bonds. The molecule has 0 spiro atoms. The number of benzene rings is 2. The summed E-state index contributed by atoms with van der Waals surface area (Å²) in [6.07, 6.45) is 2.38. The first-order chi connectivity index (χ1) is 13.6. The molecule has 1 aromatic heterocycles. The van der Waals surface area contributed by atoms with E-state index in [-0.39, 0.29) is 5.91 Å². The molecule has 0 radical (unpaired) electrons. The van der Waals surface area contributed by atoms with Gasteiger partial charge in [0.1, 0.15) is 0 Å². The van der Waals surface area contributed by atoms with E-state index in [2.05, 4.69) is 39.4 Å². The SMILES string of the molecule is CNC(=O)c1ccc(CN(Cc2nc(-c3cccc(C)c3)no2)C2CC2)cc1. The Balaban J connectivity index is 1.45. The predicted octanol–water partition coefficient (Wildman–Crippen LogP) is 3.57. The standard InChI is InChI=1S/C22H24N4O2/c1-15-4-3-5-18(12-15)21-24-20(28-25-21)14-26(19-10-11-19)13-16-6-8-17(9-7-16)22(27)23-2/h3-9,12,19H,10-11,13-14H2,1-2H3,(H,23,27). The van der Waals surface area contributed by atoms with Crippen molar-refractivity contribution in [2.75, 3.05) is 7.05 Å². The van der Waals surface area contributed by atoms with Gasteiger partial charge in [0.2, 0.25) is 11.7 Å². The highest BCUT2D eigenvalue weighted by atomic mass is 16.5. The average molecular weight is 376 g/mol. The molecule has 4 rings (SSSR count). The largest absolute Gasteiger partial charge is 0.355 e. The summed E-state index contributed by atoms with van der Waals surface area (Å²) >= 11 is 0. The molecule has 3 aromatic rings. The third kappa shape index (κ3) is 4.28. The van der Waals surface area contributed by atoms with Gasteiger partial charge in [-0.1, -0.05) is 41.1 Å². The first-order valence-corrected chi connectivity index (χ1v) is 9.57. The molecular weight excluding hydrogens is 352 g/mol. The topological polar surface area (TPSA) is 71.3 Å². The fraction of sp³-hybridized carbons (Fsp3) is 0.318. The highest BCUT2D eigenvalue weighted by Gasteiger charge is 2.30. The Labute approximate surface area is 164 Å². The average Bonchev–Trinajstić information content (AvgIpc) is 3.46. The van der Waals surface area contributed by atoms with E-state index in [9.17, 15) is 4.79 Å². The van der Waals surface area contributed by atoms with Crippen molar-refractivity contribution < 1.29 is 9.32 Å². The monoisotopic (exact) mass is 376 g/mol. The number of amides is 1. The Kier molecular flexibility index (Phi) is 5.21. The third-order valence-electron chi connectivity index (χ3n) is 4.97. The van der Waals surface area contributed by atoms with E-state index < -0.39 is 0 Å². The van der Waals surface area contributed by atoms with Crippen molar-refractivity contribution in [2.45, 2.75) is 38.9 Å². The molecule has 1 saturated carbocycles. The van der Waals surface area contributed by atoms with Gasteiger partial charge in [-0.15, -0.1) is 0 Å². The fourth-order valence-electron chi connectivity index (χ4n) is 3.29. The van der Waals surface area contributed by atoms with Crippen molar-refractivity contribution in [3.8, 4) is 11.4 Å². The second-order valence-corrected chi connectivity index (χ2v) is 7.29. The highest BCUT2D eigenvalue weighted by Crippen LogP contribution is 2.30. The summed E-state index contributed by atoms with van der Waals surface area (Å²) in [6, 6.07) is 16.4. The van der Waals surface area contributed by atoms with Crippen LogP contribution < -0.4 is 5.32 Å². The summed E-state index contributed by atoms with van der Waals surface area (Å²) in [5.74, 6) is 1.19. The van der Waals surface area contributed by atoms with Gasteiger partial charge in [0.25, 0.3) is 5.91 Å². The Hall–Kier alpha value is -2.99. The molecule has 0 aliphatic heterocycles. The zero-order valence-electron chi connectivity index (χ0n) is 16.2. The summed E-state index contributed by atoms with van der Waals surface area (Å²) in [5.41, 5.74) is 3.98. The minimum atomic E-state index is -0.0693. The Morgan fingerprint density at radius 1 is 1.18 bits per heavy atom. The number of carbonyl (C=O) groups is 1. The van der Waals surface area contributed by atoms with Gasteiger partial charge in [-0.25, -0.2) is 0 Å². The molecule has 1 aliphatic rings. The highest BCUT2D eigenvalue weighted by molar-refractivity contribution is 5.93. The van der Waals surface area contributed by atoms with E-state index in [1.54, 1.807) is 7.05 Å². The summed E-state index contributed by atoms with van der Waals surface area (Å²) in [5, 5.41) is 6.80. The molecule has 1 aliphatic carbocycles. The molecular formula is C22H24N4O2. The van der Waals surface area contributed by atoms with Crippen LogP contribution in [0.4, 0.5) is 0 Å². The van der Waals surface area contributed by atoms with Crippen LogP contribution in [-0.4, -0.2) is 34.0 Å². The van der Waals surface area contributed by atoms with Gasteiger partial charge in [0.05, 0.1) is 6.54 Å². The summed E-state index contributed by atoms with van der Waals surface area (Å²) in [6.45, 7) is 3.47. The molecule has 0 unspecified atom stereocenters. The van der Waals surface area contributed by atoms with Crippen molar-refractivity contribution in [1.29, 1.82) is 0 Å². The number of hydrogen-bond donors (Lipinski definition) is 1. The maximum absolute atomic E-state index is 11.7. The van der Waals surface area contributed by atoms with E-state index in [1.807, 2.05) is 36.4 Å². The van der Waals surface area contributed by atoms with Crippen molar-refractivity contribution in [2.24, 2.45) is 0 Å². The van der Waals surface area contributed by atoms with Gasteiger partial charge in [-0.3, -0.25) is 9.69 Å². The van der Waals surface area contributed by atoms with Gasteiger partial charge < -0.3 is 9.84 Å². The minimum absolute atomic E-state index is 0.0693. The van der Waals surface area contributed by atoms with E-state index in [4.69, 9.17) is 4.52 Å². The number of aromatic nitrogens is 2. The number of carbonyl (C=O) groups excluding carboxylic acids is 1. The predicted molar refractivity (Wildman–Crippen MR) is 107 cm³/mol.